The van der Waals surface area contributed by atoms with Gasteiger partial charge in [-0.2, -0.15) is 5.26 Å². The molecular weight excluding hydrogens is 414 g/mol. The van der Waals surface area contributed by atoms with E-state index < -0.39 is 0 Å². The lowest BCUT2D eigenvalue weighted by atomic mass is 10.2. The van der Waals surface area contributed by atoms with Crippen molar-refractivity contribution in [2.75, 3.05) is 5.73 Å². The number of aryl methyl sites for hydroxylation is 1. The average Bonchev–Trinajstić information content (AvgIpc) is 3.25. The molecule has 4 rings (SSSR count). The van der Waals surface area contributed by atoms with Crippen LogP contribution < -0.4 is 5.73 Å². The number of rotatable bonds is 7. The molecule has 2 N–H and O–H groups in total. The Bertz CT molecular complexity index is 1180. The van der Waals surface area contributed by atoms with E-state index in [4.69, 9.17) is 22.6 Å². The highest BCUT2D eigenvalue weighted by atomic mass is 35.5. The summed E-state index contributed by atoms with van der Waals surface area (Å²) >= 11 is 9.30. The van der Waals surface area contributed by atoms with Crippen LogP contribution in [0, 0.1) is 11.3 Å². The number of anilines is 1. The van der Waals surface area contributed by atoms with Crippen molar-refractivity contribution in [3.8, 4) is 6.07 Å². The van der Waals surface area contributed by atoms with Gasteiger partial charge in [-0.3, -0.25) is 0 Å². The molecule has 0 bridgehead atoms. The van der Waals surface area contributed by atoms with Gasteiger partial charge in [0.05, 0.1) is 21.3 Å². The summed E-state index contributed by atoms with van der Waals surface area (Å²) in [5.41, 5.74) is 8.19. The molecule has 4 aromatic rings. The Hall–Kier alpha value is -2.41. The van der Waals surface area contributed by atoms with Crippen LogP contribution in [0.4, 0.5) is 5.82 Å². The standard InChI is InChI=1S/C18H16ClN7S2/c19-11-6-5-7-12-14(11)27-18(24-12)28-17-25-13-15(21)22-10-23-16(13)26(17)9-4-2-1-3-8-20/h5-7,10H,1-4,9H2,(H2,21,22,23). The zero-order valence-electron chi connectivity index (χ0n) is 14.8. The highest BCUT2D eigenvalue weighted by molar-refractivity contribution is 8.01. The van der Waals surface area contributed by atoms with Crippen molar-refractivity contribution in [2.24, 2.45) is 0 Å². The maximum atomic E-state index is 8.69. The Labute approximate surface area is 174 Å². The van der Waals surface area contributed by atoms with Gasteiger partial charge in [-0.1, -0.05) is 24.1 Å². The fourth-order valence-corrected chi connectivity index (χ4v) is 5.23. The smallest absolute Gasteiger partial charge is 0.177 e. The Morgan fingerprint density at radius 1 is 1.21 bits per heavy atom. The number of nitrogens with two attached hydrogens (primary N) is 1. The molecule has 1 aromatic carbocycles. The molecule has 0 aliphatic rings. The lowest BCUT2D eigenvalue weighted by Gasteiger charge is -2.06. The zero-order chi connectivity index (χ0) is 19.5. The van der Waals surface area contributed by atoms with Gasteiger partial charge in [0.2, 0.25) is 0 Å². The topological polar surface area (TPSA) is 106 Å². The summed E-state index contributed by atoms with van der Waals surface area (Å²) in [5.74, 6) is 0.363. The lowest BCUT2D eigenvalue weighted by molar-refractivity contribution is 0.568. The third-order valence-corrected chi connectivity index (χ3v) is 6.81. The summed E-state index contributed by atoms with van der Waals surface area (Å²) in [6.07, 6.45) is 4.81. The van der Waals surface area contributed by atoms with E-state index in [1.54, 1.807) is 0 Å². The minimum Gasteiger partial charge on any atom is -0.382 e. The highest BCUT2D eigenvalue weighted by Gasteiger charge is 2.18. The molecule has 28 heavy (non-hydrogen) atoms. The van der Waals surface area contributed by atoms with Gasteiger partial charge in [0.15, 0.2) is 26.5 Å². The molecule has 0 saturated heterocycles. The van der Waals surface area contributed by atoms with Crippen molar-refractivity contribution in [1.82, 2.24) is 24.5 Å². The second-order valence-corrected chi connectivity index (χ2v) is 8.74. The van der Waals surface area contributed by atoms with Crippen LogP contribution in [0.15, 0.2) is 34.0 Å². The van der Waals surface area contributed by atoms with Crippen LogP contribution in [-0.4, -0.2) is 24.5 Å². The number of fused-ring (bicyclic) bond motifs is 2. The van der Waals surface area contributed by atoms with Crippen LogP contribution in [0.25, 0.3) is 21.4 Å². The maximum absolute atomic E-state index is 8.69. The van der Waals surface area contributed by atoms with E-state index in [0.717, 1.165) is 51.2 Å². The lowest BCUT2D eigenvalue weighted by Crippen LogP contribution is -2.02. The molecule has 142 valence electrons. The van der Waals surface area contributed by atoms with Gasteiger partial charge in [0.1, 0.15) is 6.33 Å². The SMILES string of the molecule is N#CCCCCCn1c(Sc2nc3cccc(Cl)c3s2)nc2c(N)ncnc21. The van der Waals surface area contributed by atoms with Crippen LogP contribution in [0.2, 0.25) is 5.02 Å². The highest BCUT2D eigenvalue weighted by Crippen LogP contribution is 2.38. The van der Waals surface area contributed by atoms with E-state index >= 15 is 0 Å². The first-order valence-electron chi connectivity index (χ1n) is 8.74. The number of aromatic nitrogens is 5. The van der Waals surface area contributed by atoms with Crippen LogP contribution in [-0.2, 0) is 6.54 Å². The molecule has 3 aromatic heterocycles. The summed E-state index contributed by atoms with van der Waals surface area (Å²) in [6.45, 7) is 0.742. The van der Waals surface area contributed by atoms with Crippen molar-refractivity contribution in [1.29, 1.82) is 5.26 Å². The minimum absolute atomic E-state index is 0.363. The number of imidazole rings is 1. The second kappa shape index (κ2) is 8.31. The first kappa shape index (κ1) is 18.9. The molecule has 0 aliphatic heterocycles. The molecule has 3 heterocycles. The molecule has 0 saturated carbocycles. The molecule has 10 heteroatoms. The minimum atomic E-state index is 0.363. The van der Waals surface area contributed by atoms with Crippen LogP contribution >= 0.6 is 34.7 Å². The Kier molecular flexibility index (Phi) is 5.62. The fourth-order valence-electron chi connectivity index (χ4n) is 2.88. The number of benzene rings is 1. The molecule has 0 unspecified atom stereocenters. The van der Waals surface area contributed by atoms with Gasteiger partial charge in [-0.05, 0) is 36.7 Å². The van der Waals surface area contributed by atoms with Crippen molar-refractivity contribution in [3.63, 3.8) is 0 Å². The molecule has 0 amide bonds. The predicted octanol–water partition coefficient (Wildman–Crippen LogP) is 4.91. The van der Waals surface area contributed by atoms with E-state index in [9.17, 15) is 0 Å². The van der Waals surface area contributed by atoms with Crippen LogP contribution in [0.1, 0.15) is 25.7 Å². The molecule has 0 radical (unpaired) electrons. The average molecular weight is 430 g/mol. The monoisotopic (exact) mass is 429 g/mol. The van der Waals surface area contributed by atoms with E-state index in [2.05, 4.69) is 30.6 Å². The summed E-state index contributed by atoms with van der Waals surface area (Å²) in [5, 5.41) is 10.2. The first-order valence-corrected chi connectivity index (χ1v) is 10.7. The third kappa shape index (κ3) is 3.76. The predicted molar refractivity (Wildman–Crippen MR) is 113 cm³/mol. The molecule has 0 spiro atoms. The number of hydrogen-bond acceptors (Lipinski definition) is 8. The van der Waals surface area contributed by atoms with Gasteiger partial charge in [0, 0.05) is 13.0 Å². The number of thiazole rings is 1. The van der Waals surface area contributed by atoms with Crippen molar-refractivity contribution >= 4 is 61.9 Å². The third-order valence-electron chi connectivity index (χ3n) is 4.22. The van der Waals surface area contributed by atoms with Crippen LogP contribution in [0.3, 0.4) is 0 Å². The molecular formula is C18H16ClN7S2. The molecule has 0 fully saturated rings. The van der Waals surface area contributed by atoms with Gasteiger partial charge in [-0.15, -0.1) is 11.3 Å². The maximum Gasteiger partial charge on any atom is 0.177 e. The molecule has 0 aliphatic carbocycles. The quantitative estimate of drug-likeness (QED) is 0.416. The normalized spacial score (nSPS) is 11.3. The van der Waals surface area contributed by atoms with Crippen molar-refractivity contribution in [2.45, 2.75) is 41.7 Å². The second-order valence-electron chi connectivity index (χ2n) is 6.12. The fraction of sp³-hybridized carbons (Fsp3) is 0.278. The number of nitrogens with zero attached hydrogens (tertiary/aromatic N) is 6. The number of nitrogen functional groups attached to an aromatic ring is 1. The van der Waals surface area contributed by atoms with E-state index in [1.807, 2.05) is 18.2 Å². The van der Waals surface area contributed by atoms with Gasteiger partial charge < -0.3 is 10.3 Å². The largest absolute Gasteiger partial charge is 0.382 e. The van der Waals surface area contributed by atoms with E-state index in [-0.39, 0.29) is 0 Å². The summed E-state index contributed by atoms with van der Waals surface area (Å²) in [6, 6.07) is 7.89. The molecule has 7 nitrogen and oxygen atoms in total. The summed E-state index contributed by atoms with van der Waals surface area (Å²) < 4.78 is 3.87. The zero-order valence-corrected chi connectivity index (χ0v) is 17.2. The van der Waals surface area contributed by atoms with Gasteiger partial charge >= 0.3 is 0 Å². The van der Waals surface area contributed by atoms with Crippen molar-refractivity contribution in [3.05, 3.63) is 29.5 Å². The Morgan fingerprint density at radius 2 is 2.11 bits per heavy atom. The van der Waals surface area contributed by atoms with Gasteiger partial charge in [0.25, 0.3) is 0 Å². The van der Waals surface area contributed by atoms with E-state index in [0.29, 0.717) is 22.8 Å². The van der Waals surface area contributed by atoms with Crippen LogP contribution in [0.5, 0.6) is 0 Å². The number of hydrogen-bond donors (Lipinski definition) is 1. The van der Waals surface area contributed by atoms with Gasteiger partial charge in [-0.25, -0.2) is 19.9 Å². The number of halogens is 1. The number of unbranched alkanes of at least 4 members (excludes halogenated alkanes) is 3. The number of nitriles is 1. The Balaban J connectivity index is 1.66. The summed E-state index contributed by atoms with van der Waals surface area (Å²) in [4.78, 5) is 17.8. The summed E-state index contributed by atoms with van der Waals surface area (Å²) in [7, 11) is 0. The first-order chi connectivity index (χ1) is 13.7. The van der Waals surface area contributed by atoms with E-state index in [1.165, 1.54) is 29.4 Å². The van der Waals surface area contributed by atoms with Crippen molar-refractivity contribution < 1.29 is 0 Å². The molecule has 0 atom stereocenters. The Morgan fingerprint density at radius 3 is 2.93 bits per heavy atom.